The Balaban J connectivity index is 1.45. The molecule has 184 valence electrons. The van der Waals surface area contributed by atoms with Crippen LogP contribution in [0.3, 0.4) is 0 Å². The minimum atomic E-state index is -0.452. The monoisotopic (exact) mass is 520 g/mol. The lowest BCUT2D eigenvalue weighted by molar-refractivity contribution is -0.123. The quantitative estimate of drug-likeness (QED) is 0.326. The van der Waals surface area contributed by atoms with Gasteiger partial charge in [0, 0.05) is 5.56 Å². The van der Waals surface area contributed by atoms with Crippen LogP contribution in [0, 0.1) is 6.92 Å². The second-order valence-electron chi connectivity index (χ2n) is 7.87. The number of nitrogens with zero attached hydrogens (tertiary/aromatic N) is 1. The summed E-state index contributed by atoms with van der Waals surface area (Å²) in [4.78, 5) is 25.9. The Labute approximate surface area is 219 Å². The average molecular weight is 521 g/mol. The molecule has 0 radical (unpaired) electrons. The van der Waals surface area contributed by atoms with E-state index in [1.54, 1.807) is 56.7 Å². The molecular formula is C27H24N2O5S2. The normalized spacial score (nSPS) is 14.2. The highest BCUT2D eigenvalue weighted by Gasteiger charge is 2.33. The van der Waals surface area contributed by atoms with Crippen molar-refractivity contribution in [2.45, 2.75) is 13.5 Å². The molecule has 36 heavy (non-hydrogen) atoms. The number of hydrogen-bond donors (Lipinski definition) is 1. The summed E-state index contributed by atoms with van der Waals surface area (Å²) in [6, 6.07) is 20.1. The summed E-state index contributed by atoms with van der Waals surface area (Å²) in [7, 11) is 3.11. The number of carbonyl (C=O) groups is 2. The molecule has 0 unspecified atom stereocenters. The smallest absolute Gasteiger partial charge is 0.285 e. The molecule has 0 spiro atoms. The van der Waals surface area contributed by atoms with E-state index in [1.165, 1.54) is 0 Å². The van der Waals surface area contributed by atoms with Gasteiger partial charge in [0.2, 0.25) is 0 Å². The molecule has 1 saturated heterocycles. The summed E-state index contributed by atoms with van der Waals surface area (Å²) >= 11 is 6.43. The summed E-state index contributed by atoms with van der Waals surface area (Å²) < 4.78 is 16.8. The van der Waals surface area contributed by atoms with Crippen molar-refractivity contribution >= 4 is 46.2 Å². The zero-order chi connectivity index (χ0) is 25.7. The Kier molecular flexibility index (Phi) is 7.92. The van der Waals surface area contributed by atoms with Gasteiger partial charge in [0.05, 0.1) is 19.1 Å². The molecule has 9 heteroatoms. The van der Waals surface area contributed by atoms with Crippen LogP contribution in [0.15, 0.2) is 71.6 Å². The number of nitrogens with one attached hydrogen (secondary N) is 1. The Morgan fingerprint density at radius 3 is 2.50 bits per heavy atom. The lowest BCUT2D eigenvalue weighted by Crippen LogP contribution is -2.44. The molecule has 1 aliphatic heterocycles. The van der Waals surface area contributed by atoms with Crippen LogP contribution in [0.1, 0.15) is 27.0 Å². The second-order valence-corrected chi connectivity index (χ2v) is 9.55. The predicted molar refractivity (Wildman–Crippen MR) is 144 cm³/mol. The molecule has 2 amide bonds. The highest BCUT2D eigenvalue weighted by Crippen LogP contribution is 2.34. The number of hydrazine groups is 1. The van der Waals surface area contributed by atoms with Crippen LogP contribution in [-0.4, -0.2) is 35.4 Å². The van der Waals surface area contributed by atoms with E-state index in [0.29, 0.717) is 34.3 Å². The third-order valence-corrected chi connectivity index (χ3v) is 6.62. The summed E-state index contributed by atoms with van der Waals surface area (Å²) in [5.41, 5.74) is 5.90. The van der Waals surface area contributed by atoms with Gasteiger partial charge in [-0.3, -0.25) is 15.0 Å². The molecule has 0 atom stereocenters. The Morgan fingerprint density at radius 1 is 1.03 bits per heavy atom. The van der Waals surface area contributed by atoms with Crippen LogP contribution < -0.4 is 19.6 Å². The second kappa shape index (κ2) is 11.3. The van der Waals surface area contributed by atoms with Crippen LogP contribution in [-0.2, 0) is 11.4 Å². The number of ether oxygens (including phenoxy) is 3. The lowest BCUT2D eigenvalue weighted by atomic mass is 10.1. The minimum Gasteiger partial charge on any atom is -0.497 e. The summed E-state index contributed by atoms with van der Waals surface area (Å²) in [5.74, 6) is 0.898. The summed E-state index contributed by atoms with van der Waals surface area (Å²) in [6.07, 6.45) is 1.70. The number of thioether (sulfide) groups is 1. The fourth-order valence-corrected chi connectivity index (χ4v) is 4.66. The first kappa shape index (κ1) is 25.3. The molecule has 1 heterocycles. The number of rotatable bonds is 8. The van der Waals surface area contributed by atoms with Crippen molar-refractivity contribution in [2.75, 3.05) is 14.2 Å². The molecule has 1 aliphatic rings. The van der Waals surface area contributed by atoms with E-state index in [1.807, 2.05) is 31.2 Å². The summed E-state index contributed by atoms with van der Waals surface area (Å²) in [5, 5.41) is 1.08. The van der Waals surface area contributed by atoms with Crippen LogP contribution in [0.4, 0.5) is 0 Å². The zero-order valence-corrected chi connectivity index (χ0v) is 21.6. The van der Waals surface area contributed by atoms with E-state index >= 15 is 0 Å². The van der Waals surface area contributed by atoms with Gasteiger partial charge in [-0.25, -0.2) is 0 Å². The van der Waals surface area contributed by atoms with Crippen LogP contribution >= 0.6 is 24.0 Å². The number of thiocarbonyl (C=S) groups is 1. The molecule has 0 saturated carbocycles. The molecule has 3 aromatic rings. The first-order valence-corrected chi connectivity index (χ1v) is 12.2. The highest BCUT2D eigenvalue weighted by atomic mass is 32.2. The van der Waals surface area contributed by atoms with Gasteiger partial charge >= 0.3 is 0 Å². The maximum atomic E-state index is 13.0. The zero-order valence-electron chi connectivity index (χ0n) is 19.9. The van der Waals surface area contributed by atoms with Crippen LogP contribution in [0.2, 0.25) is 0 Å². The SMILES string of the molecule is COc1ccc(C(=O)NN2C(=O)/C(=C/c3ccc(OCc4cccc(C)c4)c(OC)c3)SC2=S)cc1. The molecule has 0 bridgehead atoms. The fraction of sp³-hybridized carbons (Fsp3) is 0.148. The van der Waals surface area contributed by atoms with Gasteiger partial charge in [-0.1, -0.05) is 47.7 Å². The van der Waals surface area contributed by atoms with E-state index < -0.39 is 11.8 Å². The van der Waals surface area contributed by atoms with Crippen molar-refractivity contribution in [3.63, 3.8) is 0 Å². The number of benzene rings is 3. The van der Waals surface area contributed by atoms with Gasteiger partial charge in [-0.15, -0.1) is 0 Å². The molecular weight excluding hydrogens is 496 g/mol. The van der Waals surface area contributed by atoms with Gasteiger partial charge in [0.15, 0.2) is 15.8 Å². The van der Waals surface area contributed by atoms with Gasteiger partial charge < -0.3 is 14.2 Å². The molecule has 1 N–H and O–H groups in total. The highest BCUT2D eigenvalue weighted by molar-refractivity contribution is 8.26. The van der Waals surface area contributed by atoms with Gasteiger partial charge in [-0.2, -0.15) is 5.01 Å². The molecule has 7 nitrogen and oxygen atoms in total. The number of carbonyl (C=O) groups excluding carboxylic acids is 2. The topological polar surface area (TPSA) is 77.1 Å². The van der Waals surface area contributed by atoms with Crippen molar-refractivity contribution in [3.05, 3.63) is 93.9 Å². The van der Waals surface area contributed by atoms with Gasteiger partial charge in [-0.05, 0) is 72.7 Å². The maximum absolute atomic E-state index is 13.0. The largest absolute Gasteiger partial charge is 0.497 e. The molecule has 0 aliphatic carbocycles. The Morgan fingerprint density at radius 2 is 1.81 bits per heavy atom. The molecule has 4 rings (SSSR count). The number of methoxy groups -OCH3 is 2. The van der Waals surface area contributed by atoms with Crippen molar-refractivity contribution in [3.8, 4) is 17.2 Å². The minimum absolute atomic E-state index is 0.234. The van der Waals surface area contributed by atoms with E-state index in [4.69, 9.17) is 26.4 Å². The molecule has 3 aromatic carbocycles. The van der Waals surface area contributed by atoms with E-state index in [2.05, 4.69) is 11.5 Å². The first-order valence-electron chi connectivity index (χ1n) is 11.0. The van der Waals surface area contributed by atoms with Crippen molar-refractivity contribution in [2.24, 2.45) is 0 Å². The van der Waals surface area contributed by atoms with Crippen LogP contribution in [0.5, 0.6) is 17.2 Å². The van der Waals surface area contributed by atoms with E-state index in [-0.39, 0.29) is 4.32 Å². The third kappa shape index (κ3) is 5.87. The van der Waals surface area contributed by atoms with Gasteiger partial charge in [0.1, 0.15) is 12.4 Å². The Bertz CT molecular complexity index is 1340. The van der Waals surface area contributed by atoms with Crippen molar-refractivity contribution < 1.29 is 23.8 Å². The summed E-state index contributed by atoms with van der Waals surface area (Å²) in [6.45, 7) is 2.44. The van der Waals surface area contributed by atoms with Crippen LogP contribution in [0.25, 0.3) is 6.08 Å². The number of aryl methyl sites for hydroxylation is 1. The maximum Gasteiger partial charge on any atom is 0.285 e. The van der Waals surface area contributed by atoms with E-state index in [0.717, 1.165) is 33.5 Å². The van der Waals surface area contributed by atoms with Crippen molar-refractivity contribution in [1.29, 1.82) is 0 Å². The molecule has 0 aromatic heterocycles. The van der Waals surface area contributed by atoms with E-state index in [9.17, 15) is 9.59 Å². The Hall–Kier alpha value is -3.82. The number of amides is 2. The first-order chi connectivity index (χ1) is 17.4. The standard InChI is InChI=1S/C27H24N2O5S2/c1-17-5-4-6-19(13-17)16-34-22-12-7-18(14-23(22)33-3)15-24-26(31)29(27(35)36-24)28-25(30)20-8-10-21(32-2)11-9-20/h4-15H,16H2,1-3H3,(H,28,30)/b24-15-. The average Bonchev–Trinajstić information content (AvgIpc) is 3.15. The fourth-order valence-electron chi connectivity index (χ4n) is 3.48. The lowest BCUT2D eigenvalue weighted by Gasteiger charge is -2.15. The number of hydrogen-bond acceptors (Lipinski definition) is 7. The predicted octanol–water partition coefficient (Wildman–Crippen LogP) is 5.14. The molecule has 1 fully saturated rings. The van der Waals surface area contributed by atoms with Crippen molar-refractivity contribution in [1.82, 2.24) is 10.4 Å². The van der Waals surface area contributed by atoms with Gasteiger partial charge in [0.25, 0.3) is 11.8 Å². The third-order valence-electron chi connectivity index (χ3n) is 5.32.